The topological polar surface area (TPSA) is 55.8 Å². The van der Waals surface area contributed by atoms with Gasteiger partial charge >= 0.3 is 125 Å². The summed E-state index contributed by atoms with van der Waals surface area (Å²) >= 11 is 0.108. The molecule has 0 saturated heterocycles. The second-order valence-electron chi connectivity index (χ2n) is 7.49. The summed E-state index contributed by atoms with van der Waals surface area (Å²) in [5.74, 6) is -0.885. The van der Waals surface area contributed by atoms with Gasteiger partial charge < -0.3 is 4.74 Å². The molecule has 0 aliphatic rings. The van der Waals surface area contributed by atoms with E-state index in [9.17, 15) is 9.59 Å². The van der Waals surface area contributed by atoms with Gasteiger partial charge in [0.1, 0.15) is 0 Å². The van der Waals surface area contributed by atoms with Gasteiger partial charge in [0, 0.05) is 20.6 Å². The van der Waals surface area contributed by atoms with Crippen LogP contribution in [-0.2, 0) is 14.4 Å². The molecular weight excluding hydrogens is 493 g/mol. The fraction of sp³-hybridized carbons (Fsp3) is 0.417. The fourth-order valence-electron chi connectivity index (χ4n) is 2.90. The van der Waals surface area contributed by atoms with Gasteiger partial charge in [0.05, 0.1) is 0 Å². The van der Waals surface area contributed by atoms with Crippen LogP contribution in [0.2, 0.25) is 0 Å². The Balaban J connectivity index is 1.79. The van der Waals surface area contributed by atoms with Gasteiger partial charge in [-0.1, -0.05) is 0 Å². The quantitative estimate of drug-likeness (QED) is 0.112. The summed E-state index contributed by atoms with van der Waals surface area (Å²) in [6.07, 6.45) is 2.06. The van der Waals surface area contributed by atoms with E-state index in [1.54, 1.807) is 20.9 Å². The van der Waals surface area contributed by atoms with Crippen molar-refractivity contribution in [2.75, 3.05) is 19.1 Å². The Bertz CT molecular complexity index is 831. The molecule has 0 spiro atoms. The molecule has 0 unspecified atom stereocenters. The number of hydrogen-bond acceptors (Lipinski definition) is 4. The van der Waals surface area contributed by atoms with Crippen molar-refractivity contribution in [3.63, 3.8) is 0 Å². The molecule has 0 aliphatic heterocycles. The second kappa shape index (κ2) is 11.6. The van der Waals surface area contributed by atoms with Crippen molar-refractivity contribution >= 4 is 11.7 Å². The zero-order valence-corrected chi connectivity index (χ0v) is 20.6. The van der Waals surface area contributed by atoms with Crippen molar-refractivity contribution in [3.8, 4) is 11.1 Å². The van der Waals surface area contributed by atoms with Gasteiger partial charge in [0.25, 0.3) is 0 Å². The Kier molecular flexibility index (Phi) is 9.45. The molecule has 0 N–H and O–H groups in total. The summed E-state index contributed by atoms with van der Waals surface area (Å²) in [6.45, 7) is 3.48. The van der Waals surface area contributed by atoms with Crippen LogP contribution in [0.3, 0.4) is 0 Å². The molecule has 0 heterocycles. The van der Waals surface area contributed by atoms with Crippen molar-refractivity contribution in [2.24, 2.45) is 0 Å². The van der Waals surface area contributed by atoms with Gasteiger partial charge in [-0.25, -0.2) is 9.90 Å². The summed E-state index contributed by atoms with van der Waals surface area (Å²) in [5.41, 5.74) is 2.99. The Morgan fingerprint density at radius 1 is 0.933 bits per heavy atom. The van der Waals surface area contributed by atoms with E-state index in [4.69, 9.17) is 9.57 Å². The van der Waals surface area contributed by atoms with Crippen LogP contribution < -0.4 is 21.2 Å². The number of nitrogens with zero attached hydrogens (tertiary/aromatic N) is 1. The maximum absolute atomic E-state index is 12.4. The molecule has 0 aliphatic carbocycles. The minimum atomic E-state index is -0.855. The number of ether oxygens (including phenoxy) is 1. The average molecular weight is 524 g/mol. The van der Waals surface area contributed by atoms with Gasteiger partial charge in [-0.05, 0) is 13.8 Å². The van der Waals surface area contributed by atoms with Gasteiger partial charge in [0.15, 0.2) is 5.79 Å². The first kappa shape index (κ1) is 24.5. The third kappa shape index (κ3) is 7.49. The predicted octanol–water partition coefficient (Wildman–Crippen LogP) is 1.76. The summed E-state index contributed by atoms with van der Waals surface area (Å²) in [6, 6.07) is 16.4. The molecule has 0 radical (unpaired) electrons. The zero-order valence-electron chi connectivity index (χ0n) is 18.4. The molecule has 2 rings (SSSR count). The SMILES string of the molecule is COC(C)(C)ON(C)C(=O)CCCCC(=O)c1ccc(-c2ccc([I-]C)cc2)cc1. The number of hydroxylamine groups is 2. The van der Waals surface area contributed by atoms with E-state index in [0.717, 1.165) is 11.1 Å². The average Bonchev–Trinajstić information content (AvgIpc) is 2.76. The van der Waals surface area contributed by atoms with Crippen molar-refractivity contribution in [1.29, 1.82) is 0 Å². The van der Waals surface area contributed by atoms with Gasteiger partial charge in [-0.15, -0.1) is 0 Å². The van der Waals surface area contributed by atoms with Crippen molar-refractivity contribution in [2.45, 2.75) is 45.3 Å². The summed E-state index contributed by atoms with van der Waals surface area (Å²) in [4.78, 5) is 32.3. The van der Waals surface area contributed by atoms with Crippen molar-refractivity contribution in [3.05, 3.63) is 57.7 Å². The molecule has 0 fully saturated rings. The zero-order chi connectivity index (χ0) is 22.1. The van der Waals surface area contributed by atoms with Gasteiger partial charge in [-0.3, -0.25) is 4.79 Å². The molecule has 5 nitrogen and oxygen atoms in total. The Morgan fingerprint density at radius 3 is 2.00 bits per heavy atom. The molecule has 0 aromatic heterocycles. The molecular formula is C24H31INO4-. The number of alkyl halides is 1. The standard InChI is InChI=1S/C24H31INO4/c1-24(2,29-5)30-26(4)23(28)9-7-6-8-22(27)20-12-10-18(11-13-20)19-14-16-21(25-3)17-15-19/h10-17H,6-9H2,1-5H3/q-1. The van der Waals surface area contributed by atoms with E-state index >= 15 is 0 Å². The molecule has 0 saturated carbocycles. The Morgan fingerprint density at radius 2 is 1.47 bits per heavy atom. The van der Waals surface area contributed by atoms with Crippen LogP contribution in [0.5, 0.6) is 0 Å². The molecule has 0 bridgehead atoms. The number of rotatable bonds is 11. The third-order valence-corrected chi connectivity index (χ3v) is 6.81. The molecule has 1 amide bonds. The van der Waals surface area contributed by atoms with Crippen LogP contribution in [0.15, 0.2) is 48.5 Å². The molecule has 30 heavy (non-hydrogen) atoms. The number of halogens is 1. The van der Waals surface area contributed by atoms with E-state index in [-0.39, 0.29) is 32.9 Å². The number of carbonyl (C=O) groups is 2. The van der Waals surface area contributed by atoms with Crippen LogP contribution >= 0.6 is 0 Å². The molecule has 6 heteroatoms. The second-order valence-corrected chi connectivity index (χ2v) is 9.81. The number of methoxy groups -OCH3 is 1. The number of hydrogen-bond donors (Lipinski definition) is 0. The number of unbranched alkanes of at least 4 members (excludes halogenated alkanes) is 1. The Hall–Kier alpha value is -1.77. The van der Waals surface area contributed by atoms with Gasteiger partial charge in [0.2, 0.25) is 5.91 Å². The summed E-state index contributed by atoms with van der Waals surface area (Å²) in [7, 11) is 3.10. The number of amides is 1. The monoisotopic (exact) mass is 524 g/mol. The number of Topliss-reactive ketones (excluding diaryl/α,β-unsaturated/α-hetero) is 1. The van der Waals surface area contributed by atoms with Crippen molar-refractivity contribution in [1.82, 2.24) is 5.06 Å². The first-order valence-electron chi connectivity index (χ1n) is 9.99. The minimum absolute atomic E-state index is 0.102. The number of benzene rings is 2. The molecule has 0 atom stereocenters. The van der Waals surface area contributed by atoms with Crippen LogP contribution in [-0.4, -0.2) is 41.6 Å². The fourth-order valence-corrected chi connectivity index (χ4v) is 3.98. The Labute approximate surface area is 190 Å². The number of carbonyl (C=O) groups excluding carboxylic acids is 2. The molecule has 164 valence electrons. The van der Waals surface area contributed by atoms with Gasteiger partial charge in [-0.2, -0.15) is 0 Å². The van der Waals surface area contributed by atoms with E-state index in [2.05, 4.69) is 29.2 Å². The molecule has 2 aromatic rings. The summed E-state index contributed by atoms with van der Waals surface area (Å²) in [5, 5.41) is 1.21. The van der Waals surface area contributed by atoms with E-state index in [1.807, 2.05) is 24.3 Å². The van der Waals surface area contributed by atoms with Crippen LogP contribution in [0.4, 0.5) is 0 Å². The van der Waals surface area contributed by atoms with Crippen LogP contribution in [0.25, 0.3) is 11.1 Å². The normalized spacial score (nSPS) is 11.5. The van der Waals surface area contributed by atoms with Crippen LogP contribution in [0.1, 0.15) is 49.9 Å². The first-order chi connectivity index (χ1) is 14.3. The third-order valence-electron chi connectivity index (χ3n) is 4.85. The first-order valence-corrected chi connectivity index (χ1v) is 13.2. The molecule has 2 aromatic carbocycles. The summed E-state index contributed by atoms with van der Waals surface area (Å²) < 4.78 is 6.57. The van der Waals surface area contributed by atoms with E-state index < -0.39 is 5.79 Å². The van der Waals surface area contributed by atoms with E-state index in [0.29, 0.717) is 31.2 Å². The van der Waals surface area contributed by atoms with E-state index in [1.165, 1.54) is 15.7 Å². The number of ketones is 1. The van der Waals surface area contributed by atoms with Crippen LogP contribution in [0, 0.1) is 3.57 Å². The predicted molar refractivity (Wildman–Crippen MR) is 114 cm³/mol. The van der Waals surface area contributed by atoms with Crippen molar-refractivity contribution < 1.29 is 40.4 Å². The maximum atomic E-state index is 12.4.